The van der Waals surface area contributed by atoms with E-state index in [4.69, 9.17) is 18.9 Å². The monoisotopic (exact) mass is 852 g/mol. The Morgan fingerprint density at radius 3 is 1.74 bits per heavy atom. The third-order valence-electron chi connectivity index (χ3n) is 10.1. The van der Waals surface area contributed by atoms with Crippen LogP contribution in [0.4, 0.5) is 11.4 Å². The van der Waals surface area contributed by atoms with Gasteiger partial charge in [-0.25, -0.2) is 0 Å². The Bertz CT molecular complexity index is 1900. The molecule has 336 valence electrons. The van der Waals surface area contributed by atoms with Gasteiger partial charge in [0, 0.05) is 38.4 Å². The number of ether oxygens (including phenoxy) is 4. The van der Waals surface area contributed by atoms with E-state index < -0.39 is 78.5 Å². The van der Waals surface area contributed by atoms with Crippen molar-refractivity contribution in [2.75, 3.05) is 24.9 Å². The maximum Gasteiger partial charge on any atom is 0.252 e. The van der Waals surface area contributed by atoms with Crippen LogP contribution in [0.3, 0.4) is 0 Å². The number of methoxy groups -OCH3 is 2. The van der Waals surface area contributed by atoms with Crippen molar-refractivity contribution < 1.29 is 58.6 Å². The number of anilines is 2. The Balaban J connectivity index is 0.000000270. The summed E-state index contributed by atoms with van der Waals surface area (Å²) in [5.74, 6) is -3.02. The van der Waals surface area contributed by atoms with Gasteiger partial charge >= 0.3 is 0 Å². The van der Waals surface area contributed by atoms with Crippen LogP contribution >= 0.6 is 0 Å². The summed E-state index contributed by atoms with van der Waals surface area (Å²) in [5, 5.41) is 52.5. The van der Waals surface area contributed by atoms with E-state index in [0.717, 1.165) is 16.8 Å². The van der Waals surface area contributed by atoms with Crippen molar-refractivity contribution in [2.45, 2.75) is 135 Å². The van der Waals surface area contributed by atoms with Crippen LogP contribution in [0.5, 0.6) is 0 Å². The first-order valence-corrected chi connectivity index (χ1v) is 20.3. The summed E-state index contributed by atoms with van der Waals surface area (Å²) in [6, 6.07) is 13.1. The number of amides is 4. The normalized spacial score (nSPS) is 25.0. The first-order chi connectivity index (χ1) is 28.4. The third-order valence-corrected chi connectivity index (χ3v) is 10.1. The van der Waals surface area contributed by atoms with E-state index in [-0.39, 0.29) is 22.6 Å². The maximum absolute atomic E-state index is 13.1. The molecule has 16 nitrogen and oxygen atoms in total. The summed E-state index contributed by atoms with van der Waals surface area (Å²) in [4.78, 5) is 50.5. The molecule has 8 N–H and O–H groups in total. The largest absolute Gasteiger partial charge is 0.387 e. The van der Waals surface area contributed by atoms with Gasteiger partial charge in [-0.05, 0) is 47.9 Å². The number of carbonyl (C=O) groups is 4. The van der Waals surface area contributed by atoms with E-state index in [1.54, 1.807) is 38.1 Å². The highest BCUT2D eigenvalue weighted by molar-refractivity contribution is 6.01. The summed E-state index contributed by atoms with van der Waals surface area (Å²) in [6.45, 7) is 15.3. The molecule has 61 heavy (non-hydrogen) atoms. The van der Waals surface area contributed by atoms with Gasteiger partial charge in [-0.3, -0.25) is 19.2 Å². The van der Waals surface area contributed by atoms with Crippen LogP contribution in [0.1, 0.15) is 66.5 Å². The van der Waals surface area contributed by atoms with E-state index in [1.165, 1.54) is 20.3 Å². The van der Waals surface area contributed by atoms with Crippen molar-refractivity contribution in [3.05, 3.63) is 84.0 Å². The standard InChI is InChI=1S/C24H34N2O6.C21H30N2O6/c1-23(2,3)12-11-17-18(27)19(32-24(4,5)31-17)20(30-6)22(29)26-16-13-14-9-7-8-10-15(14)25-21(16)28;1-21(2,3)10-9-15(24)16(25)17(26)18(29-4)20(28)23-14-11-12-7-5-6-8-13(12)22-19(14)27/h7-12,16-20,27H,13H2,1-6H3,(H,25,28)(H,26,29);5-10,14-18,24-26H,11H2,1-4H3,(H,22,27)(H,23,28)/b12-11+;10-9+/t16?,17-,18+,19-,20-;14?,15-,16+,17-,18-/m11/s1. The number of hydrogen-bond donors (Lipinski definition) is 8. The molecule has 1 saturated heterocycles. The number of aliphatic hydroxyl groups is 4. The fourth-order valence-electron chi connectivity index (χ4n) is 6.91. The highest BCUT2D eigenvalue weighted by atomic mass is 16.7. The van der Waals surface area contributed by atoms with Crippen molar-refractivity contribution in [3.63, 3.8) is 0 Å². The lowest BCUT2D eigenvalue weighted by molar-refractivity contribution is -0.334. The minimum absolute atomic E-state index is 0.107. The van der Waals surface area contributed by atoms with Crippen molar-refractivity contribution in [1.82, 2.24) is 10.6 Å². The third kappa shape index (κ3) is 13.7. The lowest BCUT2D eigenvalue weighted by Crippen LogP contribution is -2.62. The number of nitrogens with one attached hydrogen (secondary N) is 4. The summed E-state index contributed by atoms with van der Waals surface area (Å²) < 4.78 is 22.3. The van der Waals surface area contributed by atoms with Crippen LogP contribution in [0.2, 0.25) is 0 Å². The molecule has 2 aromatic rings. The molecule has 2 aromatic carbocycles. The minimum Gasteiger partial charge on any atom is -0.387 e. The highest BCUT2D eigenvalue weighted by Crippen LogP contribution is 2.32. The number of rotatable bonds is 12. The van der Waals surface area contributed by atoms with Crippen molar-refractivity contribution >= 4 is 35.0 Å². The second-order valence-electron chi connectivity index (χ2n) is 18.1. The van der Waals surface area contributed by atoms with E-state index in [1.807, 2.05) is 84.0 Å². The molecule has 3 aliphatic heterocycles. The van der Waals surface area contributed by atoms with E-state index in [9.17, 15) is 39.6 Å². The zero-order valence-electron chi connectivity index (χ0n) is 36.7. The van der Waals surface area contributed by atoms with Gasteiger partial charge in [0.2, 0.25) is 11.8 Å². The summed E-state index contributed by atoms with van der Waals surface area (Å²) in [5.41, 5.74) is 2.90. The predicted molar refractivity (Wildman–Crippen MR) is 228 cm³/mol. The molecule has 10 atom stereocenters. The second kappa shape index (κ2) is 20.6. The molecular formula is C45H64N4O12. The van der Waals surface area contributed by atoms with Gasteiger partial charge in [0.05, 0.1) is 0 Å². The average molecular weight is 853 g/mol. The lowest BCUT2D eigenvalue weighted by Gasteiger charge is -2.45. The molecule has 3 aliphatic rings. The van der Waals surface area contributed by atoms with E-state index in [2.05, 4.69) is 21.3 Å². The molecule has 0 radical (unpaired) electrons. The Morgan fingerprint density at radius 2 is 1.26 bits per heavy atom. The van der Waals surface area contributed by atoms with Gasteiger partial charge in [-0.1, -0.05) is 102 Å². The number of para-hydroxylation sites is 2. The SMILES string of the molecule is CO[C@@H](C(=O)NC1Cc2ccccc2NC1=O)[C@@H]1OC(C)(C)O[C@H](/C=C/C(C)(C)C)[C@@H]1O.CO[C@@H](C(=O)NC1Cc2ccccc2NC1=O)[C@H](O)[C@@H](O)[C@H](O)/C=C/C(C)(C)C. The summed E-state index contributed by atoms with van der Waals surface area (Å²) >= 11 is 0. The van der Waals surface area contributed by atoms with Gasteiger partial charge in [-0.15, -0.1) is 0 Å². The Morgan fingerprint density at radius 1 is 0.770 bits per heavy atom. The van der Waals surface area contributed by atoms with Crippen LogP contribution in [-0.4, -0.2) is 125 Å². The number of allylic oxidation sites excluding steroid dienone is 2. The molecule has 1 fully saturated rings. The number of fused-ring (bicyclic) bond motifs is 2. The molecule has 4 amide bonds. The predicted octanol–water partition coefficient (Wildman–Crippen LogP) is 2.53. The van der Waals surface area contributed by atoms with E-state index in [0.29, 0.717) is 18.5 Å². The molecule has 0 aromatic heterocycles. The number of hydrogen-bond acceptors (Lipinski definition) is 12. The molecule has 0 aliphatic carbocycles. The van der Waals surface area contributed by atoms with Crippen LogP contribution < -0.4 is 21.3 Å². The van der Waals surface area contributed by atoms with Gasteiger partial charge in [0.25, 0.3) is 11.8 Å². The summed E-state index contributed by atoms with van der Waals surface area (Å²) in [7, 11) is 2.58. The smallest absolute Gasteiger partial charge is 0.252 e. The van der Waals surface area contributed by atoms with Crippen LogP contribution in [0.25, 0.3) is 0 Å². The molecule has 0 saturated carbocycles. The molecular weight excluding hydrogens is 789 g/mol. The highest BCUT2D eigenvalue weighted by Gasteiger charge is 2.48. The van der Waals surface area contributed by atoms with Crippen LogP contribution in [0, 0.1) is 10.8 Å². The Kier molecular flexibility index (Phi) is 16.6. The molecule has 2 unspecified atom stereocenters. The Hall–Kier alpha value is -4.52. The molecule has 0 spiro atoms. The number of benzene rings is 2. The second-order valence-corrected chi connectivity index (χ2v) is 18.1. The molecule has 16 heteroatoms. The molecule has 3 heterocycles. The number of carbonyl (C=O) groups excluding carboxylic acids is 4. The average Bonchev–Trinajstić information content (AvgIpc) is 3.17. The fourth-order valence-corrected chi connectivity index (χ4v) is 6.91. The topological polar surface area (TPSA) is 234 Å². The van der Waals surface area contributed by atoms with Crippen molar-refractivity contribution in [3.8, 4) is 0 Å². The minimum atomic E-state index is -1.70. The van der Waals surface area contributed by atoms with Crippen molar-refractivity contribution in [2.24, 2.45) is 10.8 Å². The Labute approximate surface area is 358 Å². The number of aliphatic hydroxyl groups excluding tert-OH is 4. The zero-order valence-corrected chi connectivity index (χ0v) is 36.7. The summed E-state index contributed by atoms with van der Waals surface area (Å²) in [6.07, 6.45) is -2.69. The van der Waals surface area contributed by atoms with Gasteiger partial charge in [0.15, 0.2) is 18.0 Å². The fraction of sp³-hybridized carbons (Fsp3) is 0.556. The maximum atomic E-state index is 13.1. The quantitative estimate of drug-likeness (QED) is 0.144. The first-order valence-electron chi connectivity index (χ1n) is 20.3. The van der Waals surface area contributed by atoms with E-state index >= 15 is 0 Å². The lowest BCUT2D eigenvalue weighted by atomic mass is 9.92. The van der Waals surface area contributed by atoms with Gasteiger partial charge in [-0.2, -0.15) is 0 Å². The van der Waals surface area contributed by atoms with Gasteiger partial charge < -0.3 is 60.6 Å². The zero-order chi connectivity index (χ0) is 45.4. The van der Waals surface area contributed by atoms with Crippen LogP contribution in [0.15, 0.2) is 72.8 Å². The van der Waals surface area contributed by atoms with Crippen LogP contribution in [-0.2, 0) is 51.0 Å². The van der Waals surface area contributed by atoms with Gasteiger partial charge in [0.1, 0.15) is 48.7 Å². The first kappa shape index (κ1) is 49.1. The van der Waals surface area contributed by atoms with Crippen molar-refractivity contribution in [1.29, 1.82) is 0 Å². The molecule has 5 rings (SSSR count). The molecule has 0 bridgehead atoms.